The average Bonchev–Trinajstić information content (AvgIpc) is 3.16. The van der Waals surface area contributed by atoms with E-state index >= 15 is 0 Å². The Kier molecular flexibility index (Phi) is 4.64. The van der Waals surface area contributed by atoms with Crippen molar-refractivity contribution in [3.05, 3.63) is 47.9 Å². The molecule has 1 aliphatic carbocycles. The van der Waals surface area contributed by atoms with E-state index in [2.05, 4.69) is 10.3 Å². The molecule has 5 nitrogen and oxygen atoms in total. The van der Waals surface area contributed by atoms with Gasteiger partial charge in [-0.3, -0.25) is 4.79 Å². The summed E-state index contributed by atoms with van der Waals surface area (Å²) in [6.07, 6.45) is 8.05. The molecule has 1 amide bonds. The number of benzene rings is 1. The fourth-order valence-electron chi connectivity index (χ4n) is 3.10. The molecular weight excluding hydrogens is 311 g/mol. The van der Waals surface area contributed by atoms with Gasteiger partial charge in [0.2, 0.25) is 5.91 Å². The van der Waals surface area contributed by atoms with Gasteiger partial charge in [-0.05, 0) is 42.5 Å². The number of carbonyl (C=O) groups excluding carboxylic acids is 1. The van der Waals surface area contributed by atoms with Crippen LogP contribution >= 0.6 is 0 Å². The first-order chi connectivity index (χ1) is 11.5. The number of carbonyl (C=O) groups is 2. The van der Waals surface area contributed by atoms with Crippen LogP contribution in [0.4, 0.5) is 4.39 Å². The molecule has 0 bridgehead atoms. The lowest BCUT2D eigenvalue weighted by Gasteiger charge is -2.15. The van der Waals surface area contributed by atoms with Gasteiger partial charge in [-0.15, -0.1) is 0 Å². The molecular formula is C18H19FN2O3. The van der Waals surface area contributed by atoms with E-state index in [4.69, 9.17) is 0 Å². The Bertz CT molecular complexity index is 797. The van der Waals surface area contributed by atoms with Crippen LogP contribution < -0.4 is 5.32 Å². The van der Waals surface area contributed by atoms with Crippen LogP contribution in [0.15, 0.2) is 36.5 Å². The number of rotatable bonds is 6. The van der Waals surface area contributed by atoms with Crippen molar-refractivity contribution in [2.24, 2.45) is 5.92 Å². The van der Waals surface area contributed by atoms with Crippen molar-refractivity contribution in [2.75, 3.05) is 0 Å². The number of halogens is 1. The van der Waals surface area contributed by atoms with Crippen molar-refractivity contribution >= 4 is 22.8 Å². The third kappa shape index (κ3) is 3.64. The molecule has 1 aromatic carbocycles. The molecule has 126 valence electrons. The Hall–Kier alpha value is -2.63. The Morgan fingerprint density at radius 2 is 2.25 bits per heavy atom. The molecule has 1 aromatic heterocycles. The summed E-state index contributed by atoms with van der Waals surface area (Å²) >= 11 is 0. The minimum absolute atomic E-state index is 0.146. The molecule has 0 saturated heterocycles. The molecule has 0 spiro atoms. The average molecular weight is 330 g/mol. The second kappa shape index (κ2) is 6.86. The van der Waals surface area contributed by atoms with Crippen LogP contribution in [0.25, 0.3) is 10.9 Å². The molecule has 2 atom stereocenters. The third-order valence-electron chi connectivity index (χ3n) is 4.35. The quantitative estimate of drug-likeness (QED) is 0.712. The van der Waals surface area contributed by atoms with Gasteiger partial charge in [0.05, 0.1) is 0 Å². The second-order valence-electron chi connectivity index (χ2n) is 6.14. The first kappa shape index (κ1) is 16.2. The van der Waals surface area contributed by atoms with E-state index in [0.29, 0.717) is 11.9 Å². The molecule has 0 aliphatic heterocycles. The molecule has 0 fully saturated rings. The highest BCUT2D eigenvalue weighted by atomic mass is 19.1. The molecule has 0 radical (unpaired) electrons. The van der Waals surface area contributed by atoms with E-state index in [9.17, 15) is 19.1 Å². The normalized spacial score (nSPS) is 18.0. The van der Waals surface area contributed by atoms with E-state index in [1.807, 2.05) is 12.2 Å². The zero-order valence-corrected chi connectivity index (χ0v) is 13.1. The highest BCUT2D eigenvalue weighted by molar-refractivity contribution is 5.86. The second-order valence-corrected chi connectivity index (χ2v) is 6.14. The number of hydrogen-bond donors (Lipinski definition) is 3. The molecule has 1 heterocycles. The smallest absolute Gasteiger partial charge is 0.326 e. The predicted molar refractivity (Wildman–Crippen MR) is 88.0 cm³/mol. The lowest BCUT2D eigenvalue weighted by Crippen LogP contribution is -2.42. The maximum absolute atomic E-state index is 13.2. The number of fused-ring (bicyclic) bond motifs is 1. The minimum atomic E-state index is -1.08. The summed E-state index contributed by atoms with van der Waals surface area (Å²) in [6.45, 7) is 0. The van der Waals surface area contributed by atoms with Gasteiger partial charge in [-0.25, -0.2) is 9.18 Å². The summed E-state index contributed by atoms with van der Waals surface area (Å²) in [5, 5.41) is 12.8. The Labute approximate surface area is 138 Å². The van der Waals surface area contributed by atoms with Crippen LogP contribution in [0.5, 0.6) is 0 Å². The van der Waals surface area contributed by atoms with Gasteiger partial charge in [0.15, 0.2) is 0 Å². The van der Waals surface area contributed by atoms with Gasteiger partial charge in [-0.2, -0.15) is 0 Å². The van der Waals surface area contributed by atoms with Gasteiger partial charge in [0, 0.05) is 29.9 Å². The zero-order chi connectivity index (χ0) is 17.1. The van der Waals surface area contributed by atoms with E-state index in [1.54, 1.807) is 12.3 Å². The zero-order valence-electron chi connectivity index (χ0n) is 13.1. The van der Waals surface area contributed by atoms with Crippen molar-refractivity contribution in [3.63, 3.8) is 0 Å². The largest absolute Gasteiger partial charge is 0.480 e. The fraction of sp³-hybridized carbons (Fsp3) is 0.333. The van der Waals surface area contributed by atoms with Crippen LogP contribution in [0, 0.1) is 11.7 Å². The summed E-state index contributed by atoms with van der Waals surface area (Å²) < 4.78 is 13.2. The maximum Gasteiger partial charge on any atom is 0.326 e. The van der Waals surface area contributed by atoms with Crippen LogP contribution in [0.3, 0.4) is 0 Å². The molecule has 1 aliphatic rings. The van der Waals surface area contributed by atoms with Gasteiger partial charge in [0.25, 0.3) is 0 Å². The van der Waals surface area contributed by atoms with Crippen molar-refractivity contribution in [3.8, 4) is 0 Å². The number of nitrogens with one attached hydrogen (secondary N) is 2. The summed E-state index contributed by atoms with van der Waals surface area (Å²) in [7, 11) is 0. The monoisotopic (exact) mass is 330 g/mol. The number of amides is 1. The number of carboxylic acid groups (broad SMARTS) is 1. The van der Waals surface area contributed by atoms with Crippen LogP contribution in [-0.2, 0) is 16.0 Å². The van der Waals surface area contributed by atoms with E-state index < -0.39 is 12.0 Å². The molecule has 3 N–H and O–H groups in total. The number of aromatic nitrogens is 1. The Morgan fingerprint density at radius 1 is 1.42 bits per heavy atom. The van der Waals surface area contributed by atoms with Crippen LogP contribution in [0.1, 0.15) is 24.8 Å². The van der Waals surface area contributed by atoms with Crippen molar-refractivity contribution in [2.45, 2.75) is 31.7 Å². The van der Waals surface area contributed by atoms with Gasteiger partial charge in [-0.1, -0.05) is 12.2 Å². The standard InChI is InChI=1S/C18H19FN2O3/c19-13-5-6-14-12(10-20-15(14)9-13)8-16(18(23)24)21-17(22)7-11-3-1-2-4-11/h1,3,5-6,9-11,16,20H,2,4,7-8H2,(H,21,22)(H,23,24)/t11-,16+/m1/s1. The number of H-pyrrole nitrogens is 1. The van der Waals surface area contributed by atoms with Crippen LogP contribution in [-0.4, -0.2) is 28.0 Å². The van der Waals surface area contributed by atoms with Crippen molar-refractivity contribution in [1.82, 2.24) is 10.3 Å². The highest BCUT2D eigenvalue weighted by Crippen LogP contribution is 2.22. The van der Waals surface area contributed by atoms with Crippen LogP contribution in [0.2, 0.25) is 0 Å². The number of hydrogen-bond acceptors (Lipinski definition) is 2. The van der Waals surface area contributed by atoms with Crippen molar-refractivity contribution in [1.29, 1.82) is 0 Å². The molecule has 2 aromatic rings. The first-order valence-electron chi connectivity index (χ1n) is 7.97. The Morgan fingerprint density at radius 3 is 2.96 bits per heavy atom. The summed E-state index contributed by atoms with van der Waals surface area (Å²) in [5.41, 5.74) is 1.34. The van der Waals surface area contributed by atoms with Gasteiger partial charge >= 0.3 is 5.97 Å². The number of aliphatic carboxylic acids is 1. The molecule has 0 saturated carbocycles. The van der Waals surface area contributed by atoms with Gasteiger partial charge < -0.3 is 15.4 Å². The topological polar surface area (TPSA) is 82.2 Å². The predicted octanol–water partition coefficient (Wildman–Crippen LogP) is 2.78. The number of carboxylic acids is 1. The van der Waals surface area contributed by atoms with E-state index in [1.165, 1.54) is 12.1 Å². The third-order valence-corrected chi connectivity index (χ3v) is 4.35. The van der Waals surface area contributed by atoms with Crippen molar-refractivity contribution < 1.29 is 19.1 Å². The maximum atomic E-state index is 13.2. The number of allylic oxidation sites excluding steroid dienone is 2. The first-order valence-corrected chi connectivity index (χ1v) is 7.97. The minimum Gasteiger partial charge on any atom is -0.480 e. The molecule has 0 unspecified atom stereocenters. The molecule has 6 heteroatoms. The Balaban J connectivity index is 1.69. The van der Waals surface area contributed by atoms with Gasteiger partial charge in [0.1, 0.15) is 11.9 Å². The molecule has 3 rings (SSSR count). The summed E-state index contributed by atoms with van der Waals surface area (Å²) in [4.78, 5) is 26.5. The summed E-state index contributed by atoms with van der Waals surface area (Å²) in [6, 6.07) is 3.30. The molecule has 24 heavy (non-hydrogen) atoms. The fourth-order valence-corrected chi connectivity index (χ4v) is 3.10. The summed E-state index contributed by atoms with van der Waals surface area (Å²) in [5.74, 6) is -1.51. The van der Waals surface area contributed by atoms with E-state index in [-0.39, 0.29) is 24.1 Å². The SMILES string of the molecule is O=C(C[C@@H]1C=CCC1)N[C@@H](Cc1c[nH]c2cc(F)ccc12)C(=O)O. The number of aromatic amines is 1. The highest BCUT2D eigenvalue weighted by Gasteiger charge is 2.23. The lowest BCUT2D eigenvalue weighted by atomic mass is 10.0. The van der Waals surface area contributed by atoms with E-state index in [0.717, 1.165) is 23.8 Å². The lowest BCUT2D eigenvalue weighted by molar-refractivity contribution is -0.141.